The first-order valence-electron chi connectivity index (χ1n) is 15.4. The largest absolute Gasteiger partial charge is 0.344 e. The van der Waals surface area contributed by atoms with Crippen LogP contribution in [0.3, 0.4) is 0 Å². The highest BCUT2D eigenvalue weighted by Gasteiger charge is 2.26. The number of hydrogen-bond acceptors (Lipinski definition) is 1. The minimum atomic E-state index is 0. The van der Waals surface area contributed by atoms with Crippen molar-refractivity contribution >= 4 is 0 Å². The highest BCUT2D eigenvalue weighted by molar-refractivity contribution is 4.92. The summed E-state index contributed by atoms with van der Waals surface area (Å²) in [5.74, 6) is 0.922. The van der Waals surface area contributed by atoms with Crippen LogP contribution in [0.1, 0.15) is 176 Å². The van der Waals surface area contributed by atoms with Crippen molar-refractivity contribution in [3.8, 4) is 0 Å². The lowest BCUT2D eigenvalue weighted by Crippen LogP contribution is -2.23. The van der Waals surface area contributed by atoms with Gasteiger partial charge in [-0.25, -0.2) is 0 Å². The molecule has 1 heteroatoms. The van der Waals surface area contributed by atoms with Gasteiger partial charge in [-0.2, -0.15) is 0 Å². The maximum Gasteiger partial charge on any atom is -0.0169 e. The summed E-state index contributed by atoms with van der Waals surface area (Å²) in [7, 11) is 0. The second-order valence-corrected chi connectivity index (χ2v) is 11.3. The van der Waals surface area contributed by atoms with E-state index in [0.29, 0.717) is 5.41 Å². The van der Waals surface area contributed by atoms with Crippen LogP contribution in [0, 0.1) is 11.3 Å². The van der Waals surface area contributed by atoms with Crippen LogP contribution in [0.25, 0.3) is 0 Å². The zero-order valence-electron chi connectivity index (χ0n) is 24.7. The van der Waals surface area contributed by atoms with E-state index >= 15 is 0 Å². The molecule has 0 aliphatic carbocycles. The molecule has 1 nitrogen and oxygen atoms in total. The van der Waals surface area contributed by atoms with E-state index < -0.39 is 0 Å². The molecular weight excluding hydrogens is 410 g/mol. The summed E-state index contributed by atoms with van der Waals surface area (Å²) in [6, 6.07) is 0. The van der Waals surface area contributed by atoms with Gasteiger partial charge in [0.2, 0.25) is 0 Å². The Morgan fingerprint density at radius 2 is 0.971 bits per heavy atom. The lowest BCUT2D eigenvalue weighted by molar-refractivity contribution is 0.167. The van der Waals surface area contributed by atoms with Crippen molar-refractivity contribution < 1.29 is 0 Å². The average Bonchev–Trinajstić information content (AvgIpc) is 2.80. The summed E-state index contributed by atoms with van der Waals surface area (Å²) in [4.78, 5) is 0. The van der Waals surface area contributed by atoms with Crippen LogP contribution in [-0.2, 0) is 0 Å². The van der Waals surface area contributed by atoms with Crippen molar-refractivity contribution in [2.24, 2.45) is 11.3 Å². The maximum absolute atomic E-state index is 2.55. The van der Waals surface area contributed by atoms with Crippen LogP contribution in [0.15, 0.2) is 24.3 Å². The summed E-state index contributed by atoms with van der Waals surface area (Å²) in [5.41, 5.74) is 0.540. The fourth-order valence-corrected chi connectivity index (χ4v) is 5.27. The van der Waals surface area contributed by atoms with Crippen molar-refractivity contribution in [3.63, 3.8) is 0 Å². The average molecular weight is 478 g/mol. The summed E-state index contributed by atoms with van der Waals surface area (Å²) in [6.07, 6.45) is 40.0. The molecule has 0 aliphatic rings. The van der Waals surface area contributed by atoms with E-state index in [1.165, 1.54) is 135 Å². The predicted octanol–water partition coefficient (Wildman–Crippen LogP) is 12.5. The monoisotopic (exact) mass is 478 g/mol. The molecule has 1 unspecified atom stereocenters. The summed E-state index contributed by atoms with van der Waals surface area (Å²) in [5, 5.41) is 0. The molecule has 0 aliphatic heterocycles. The van der Waals surface area contributed by atoms with E-state index in [0.717, 1.165) is 12.3 Å². The standard InChI is InChI=1S/C33H64.H3N/c1-6-9-11-13-15-16-17-18-19-20-21-22-23-24-25-26-28-30-32(8-3)33(4,5)31-29-27-14-12-10-7-2;/h15-16,18-19,32H,6-14,17,20-31H2,1-5H3;1H3. The molecular formula is C33H67N. The van der Waals surface area contributed by atoms with Crippen LogP contribution in [0.5, 0.6) is 0 Å². The molecule has 0 fully saturated rings. The predicted molar refractivity (Wildman–Crippen MR) is 159 cm³/mol. The molecule has 0 aromatic carbocycles. The Hall–Kier alpha value is -0.560. The third-order valence-corrected chi connectivity index (χ3v) is 7.78. The van der Waals surface area contributed by atoms with Crippen molar-refractivity contribution in [3.05, 3.63) is 24.3 Å². The first-order valence-corrected chi connectivity index (χ1v) is 15.4. The highest BCUT2D eigenvalue weighted by atomic mass is 14.3. The molecule has 34 heavy (non-hydrogen) atoms. The van der Waals surface area contributed by atoms with Gasteiger partial charge in [0.05, 0.1) is 0 Å². The quantitative estimate of drug-likeness (QED) is 0.103. The van der Waals surface area contributed by atoms with E-state index in [9.17, 15) is 0 Å². The van der Waals surface area contributed by atoms with Gasteiger partial charge >= 0.3 is 0 Å². The normalized spacial score (nSPS) is 13.1. The van der Waals surface area contributed by atoms with Crippen LogP contribution in [-0.4, -0.2) is 0 Å². The first kappa shape index (κ1) is 35.6. The number of allylic oxidation sites excluding steroid dienone is 4. The molecule has 0 saturated carbocycles. The van der Waals surface area contributed by atoms with Gasteiger partial charge < -0.3 is 6.15 Å². The second kappa shape index (κ2) is 27.0. The van der Waals surface area contributed by atoms with Crippen molar-refractivity contribution in [2.75, 3.05) is 0 Å². The maximum atomic E-state index is 2.55. The molecule has 204 valence electrons. The second-order valence-electron chi connectivity index (χ2n) is 11.3. The van der Waals surface area contributed by atoms with Gasteiger partial charge in [0.25, 0.3) is 0 Å². The van der Waals surface area contributed by atoms with E-state index in [1.54, 1.807) is 0 Å². The number of hydrogen-bond donors (Lipinski definition) is 1. The van der Waals surface area contributed by atoms with E-state index in [4.69, 9.17) is 0 Å². The summed E-state index contributed by atoms with van der Waals surface area (Å²) < 4.78 is 0. The first-order chi connectivity index (χ1) is 16.1. The zero-order chi connectivity index (χ0) is 24.5. The SMILES string of the molecule is CCCCCC=CCC=CCCCCCCCCCC(CC)C(C)(C)CCCCCCCC.N. The fourth-order valence-electron chi connectivity index (χ4n) is 5.27. The summed E-state index contributed by atoms with van der Waals surface area (Å²) in [6.45, 7) is 12.1. The van der Waals surface area contributed by atoms with Gasteiger partial charge in [0.15, 0.2) is 0 Å². The van der Waals surface area contributed by atoms with Gasteiger partial charge in [0.1, 0.15) is 0 Å². The van der Waals surface area contributed by atoms with Crippen LogP contribution in [0.2, 0.25) is 0 Å². The van der Waals surface area contributed by atoms with Gasteiger partial charge in [-0.05, 0) is 56.3 Å². The molecule has 0 bridgehead atoms. The molecule has 0 amide bonds. The molecule has 0 radical (unpaired) electrons. The Labute approximate surface area is 217 Å². The van der Waals surface area contributed by atoms with Crippen molar-refractivity contribution in [1.82, 2.24) is 6.15 Å². The molecule has 0 aromatic rings. The third kappa shape index (κ3) is 23.2. The number of unbranched alkanes of at least 4 members (excludes halogenated alkanes) is 15. The van der Waals surface area contributed by atoms with Gasteiger partial charge in [-0.15, -0.1) is 0 Å². The number of rotatable bonds is 25. The van der Waals surface area contributed by atoms with Crippen molar-refractivity contribution in [2.45, 2.75) is 176 Å². The molecule has 1 atom stereocenters. The minimum Gasteiger partial charge on any atom is -0.344 e. The fraction of sp³-hybridized carbons (Fsp3) is 0.879. The Bertz CT molecular complexity index is 434. The van der Waals surface area contributed by atoms with E-state index in [-0.39, 0.29) is 6.15 Å². The van der Waals surface area contributed by atoms with E-state index in [2.05, 4.69) is 58.9 Å². The Morgan fingerprint density at radius 1 is 0.529 bits per heavy atom. The minimum absolute atomic E-state index is 0. The Kier molecular flexibility index (Phi) is 28.3. The van der Waals surface area contributed by atoms with E-state index in [1.807, 2.05) is 0 Å². The molecule has 0 heterocycles. The zero-order valence-corrected chi connectivity index (χ0v) is 24.7. The lowest BCUT2D eigenvalue weighted by Gasteiger charge is -2.34. The molecule has 0 saturated heterocycles. The lowest BCUT2D eigenvalue weighted by atomic mass is 9.71. The molecule has 0 rings (SSSR count). The van der Waals surface area contributed by atoms with Gasteiger partial charge in [-0.3, -0.25) is 0 Å². The van der Waals surface area contributed by atoms with Crippen molar-refractivity contribution in [1.29, 1.82) is 0 Å². The Morgan fingerprint density at radius 3 is 1.53 bits per heavy atom. The third-order valence-electron chi connectivity index (χ3n) is 7.78. The Balaban J connectivity index is 0. The molecule has 3 N–H and O–H groups in total. The highest BCUT2D eigenvalue weighted by Crippen LogP contribution is 2.38. The van der Waals surface area contributed by atoms with Gasteiger partial charge in [-0.1, -0.05) is 155 Å². The summed E-state index contributed by atoms with van der Waals surface area (Å²) >= 11 is 0. The topological polar surface area (TPSA) is 35.0 Å². The van der Waals surface area contributed by atoms with Crippen LogP contribution in [0.4, 0.5) is 0 Å². The molecule has 0 aromatic heterocycles. The smallest absolute Gasteiger partial charge is 0.0169 e. The van der Waals surface area contributed by atoms with Crippen LogP contribution >= 0.6 is 0 Å². The van der Waals surface area contributed by atoms with Crippen LogP contribution < -0.4 is 6.15 Å². The van der Waals surface area contributed by atoms with Gasteiger partial charge in [0, 0.05) is 0 Å². The molecule has 0 spiro atoms.